The van der Waals surface area contributed by atoms with Crippen LogP contribution < -0.4 is 5.73 Å². The molecule has 0 spiro atoms. The minimum atomic E-state index is -5.36. The van der Waals surface area contributed by atoms with E-state index in [4.69, 9.17) is 29.9 Å². The standard InChI is InChI=1S/C10H16FN2O13P3S/c11-8-4(9(12)16)13-10(30-8)7-6(15)5(14)3(24-7)1-23-2-27(17)25-29(21,22)26-28(18,19)20/h3,5-7,14-15,17H,1-2H2,(H2,12,16)(H,21,22)(H2,18,19,20)/p+1. The van der Waals surface area contributed by atoms with Crippen LogP contribution in [0.1, 0.15) is 21.6 Å². The van der Waals surface area contributed by atoms with E-state index in [1.54, 1.807) is 0 Å². The van der Waals surface area contributed by atoms with Gasteiger partial charge < -0.3 is 40.1 Å². The second-order valence-electron chi connectivity index (χ2n) is 5.66. The molecular formula is C10H17FN2O13P3S+. The van der Waals surface area contributed by atoms with E-state index < -0.39 is 78.1 Å². The molecule has 0 aromatic carbocycles. The lowest BCUT2D eigenvalue weighted by molar-refractivity contribution is -0.0381. The monoisotopic (exact) mass is 517 g/mol. The summed E-state index contributed by atoms with van der Waals surface area (Å²) in [6, 6.07) is 0. The lowest BCUT2D eigenvalue weighted by Gasteiger charge is -2.14. The molecule has 0 saturated carbocycles. The number of halogens is 1. The number of phosphoric acid groups is 2. The Hall–Kier alpha value is -0.480. The summed E-state index contributed by atoms with van der Waals surface area (Å²) in [6.07, 6.45) is -6.38. The van der Waals surface area contributed by atoms with E-state index in [1.807, 2.05) is 0 Å². The molecule has 20 heteroatoms. The zero-order valence-corrected chi connectivity index (χ0v) is 18.1. The summed E-state index contributed by atoms with van der Waals surface area (Å²) in [7, 11) is -13.9. The summed E-state index contributed by atoms with van der Waals surface area (Å²) in [6.45, 7) is -0.488. The molecule has 6 atom stereocenters. The van der Waals surface area contributed by atoms with Gasteiger partial charge in [-0.1, -0.05) is 15.6 Å². The quantitative estimate of drug-likeness (QED) is 0.180. The van der Waals surface area contributed by atoms with Gasteiger partial charge in [0.2, 0.25) is 11.5 Å². The van der Waals surface area contributed by atoms with E-state index in [2.05, 4.69) is 13.6 Å². The van der Waals surface area contributed by atoms with Crippen LogP contribution in [-0.4, -0.2) is 71.9 Å². The number of carbonyl (C=O) groups is 1. The minimum Gasteiger partial charge on any atom is -0.387 e. The third kappa shape index (κ3) is 7.02. The first-order chi connectivity index (χ1) is 13.7. The third-order valence-corrected chi connectivity index (χ3v) is 8.18. The summed E-state index contributed by atoms with van der Waals surface area (Å²) < 4.78 is 53.4. The smallest absolute Gasteiger partial charge is 0.387 e. The normalized spacial score (nSPS) is 27.7. The molecule has 1 aromatic rings. The van der Waals surface area contributed by atoms with E-state index in [-0.39, 0.29) is 5.01 Å². The highest BCUT2D eigenvalue weighted by atomic mass is 32.1. The molecule has 1 fully saturated rings. The molecule has 172 valence electrons. The predicted molar refractivity (Wildman–Crippen MR) is 95.6 cm³/mol. The lowest BCUT2D eigenvalue weighted by atomic mass is 10.1. The molecular weight excluding hydrogens is 500 g/mol. The molecule has 8 N–H and O–H groups in total. The van der Waals surface area contributed by atoms with Crippen LogP contribution in [0.25, 0.3) is 0 Å². The number of primary amides is 1. The molecule has 30 heavy (non-hydrogen) atoms. The molecule has 2 heterocycles. The van der Waals surface area contributed by atoms with Crippen molar-refractivity contribution in [2.45, 2.75) is 24.4 Å². The molecule has 6 unspecified atom stereocenters. The van der Waals surface area contributed by atoms with Gasteiger partial charge in [0, 0.05) is 0 Å². The highest BCUT2D eigenvalue weighted by Crippen LogP contribution is 2.63. The fourth-order valence-electron chi connectivity index (χ4n) is 2.25. The number of thiazole rings is 1. The van der Waals surface area contributed by atoms with Gasteiger partial charge in [0.05, 0.1) is 6.61 Å². The largest absolute Gasteiger partial charge is 0.517 e. The number of hydrogen-bond donors (Lipinski definition) is 7. The topological polar surface area (TPSA) is 248 Å². The fraction of sp³-hybridized carbons (Fsp3) is 0.600. The molecule has 15 nitrogen and oxygen atoms in total. The van der Waals surface area contributed by atoms with Gasteiger partial charge in [-0.2, -0.15) is 8.70 Å². The minimum absolute atomic E-state index is 0.165. The highest BCUT2D eigenvalue weighted by Gasteiger charge is 2.46. The van der Waals surface area contributed by atoms with Crippen molar-refractivity contribution in [2.24, 2.45) is 5.73 Å². The Morgan fingerprint density at radius 2 is 1.93 bits per heavy atom. The second kappa shape index (κ2) is 9.98. The number of carbonyl (C=O) groups excluding carboxylic acids is 1. The number of amides is 1. The Kier molecular flexibility index (Phi) is 8.58. The van der Waals surface area contributed by atoms with Crippen LogP contribution in [0.15, 0.2) is 0 Å². The number of hydrogen-bond acceptors (Lipinski definition) is 12. The molecule has 0 radical (unpaired) electrons. The van der Waals surface area contributed by atoms with Gasteiger partial charge in [0.15, 0.2) is 5.69 Å². The molecule has 1 amide bonds. The number of rotatable bonds is 10. The van der Waals surface area contributed by atoms with Crippen molar-refractivity contribution < 1.29 is 66.2 Å². The van der Waals surface area contributed by atoms with Gasteiger partial charge in [-0.25, -0.2) is 19.0 Å². The Morgan fingerprint density at radius 3 is 2.47 bits per heavy atom. The second-order valence-corrected chi connectivity index (χ2v) is 11.0. The molecule has 0 aliphatic carbocycles. The zero-order chi connectivity index (χ0) is 22.9. The van der Waals surface area contributed by atoms with Gasteiger partial charge in [0.25, 0.3) is 14.3 Å². The summed E-state index contributed by atoms with van der Waals surface area (Å²) >= 11 is 0.380. The van der Waals surface area contributed by atoms with Gasteiger partial charge in [0.1, 0.15) is 29.4 Å². The fourth-order valence-corrected chi connectivity index (χ4v) is 6.21. The average Bonchev–Trinajstić information content (AvgIpc) is 3.07. The molecule has 0 bridgehead atoms. The molecule has 2 rings (SSSR count). The predicted octanol–water partition coefficient (Wildman–Crippen LogP) is -1.22. The first-order valence-corrected chi connectivity index (χ1v) is 13.0. The summed E-state index contributed by atoms with van der Waals surface area (Å²) in [5.74, 6) is -1.13. The Morgan fingerprint density at radius 1 is 1.30 bits per heavy atom. The van der Waals surface area contributed by atoms with Crippen molar-refractivity contribution >= 4 is 41.3 Å². The van der Waals surface area contributed by atoms with Gasteiger partial charge >= 0.3 is 15.6 Å². The van der Waals surface area contributed by atoms with Crippen molar-refractivity contribution in [1.82, 2.24) is 4.98 Å². The maximum Gasteiger partial charge on any atom is 0.517 e. The molecule has 1 aliphatic heterocycles. The van der Waals surface area contributed by atoms with Gasteiger partial charge in [-0.15, -0.1) is 0 Å². The highest BCUT2D eigenvalue weighted by molar-refractivity contribution is 7.66. The van der Waals surface area contributed by atoms with Crippen LogP contribution in [0.3, 0.4) is 0 Å². The lowest BCUT2D eigenvalue weighted by Crippen LogP contribution is -2.33. The summed E-state index contributed by atoms with van der Waals surface area (Å²) in [5, 5.41) is 18.9. The Bertz CT molecular complexity index is 866. The maximum absolute atomic E-state index is 13.7. The number of aliphatic hydroxyl groups excluding tert-OH is 2. The number of aliphatic hydroxyl groups is 2. The van der Waals surface area contributed by atoms with E-state index in [9.17, 15) is 33.4 Å². The van der Waals surface area contributed by atoms with Crippen LogP contribution in [0.2, 0.25) is 0 Å². The first kappa shape index (κ1) is 25.8. The first-order valence-electron chi connectivity index (χ1n) is 7.59. The van der Waals surface area contributed by atoms with E-state index in [0.29, 0.717) is 11.3 Å². The van der Waals surface area contributed by atoms with Crippen molar-refractivity contribution in [3.8, 4) is 0 Å². The average molecular weight is 517 g/mol. The van der Waals surface area contributed by atoms with Gasteiger partial charge in [-0.3, -0.25) is 4.79 Å². The number of nitrogens with zero attached hydrogens (tertiary/aromatic N) is 1. The number of nitrogens with two attached hydrogens (primary N) is 1. The van der Waals surface area contributed by atoms with Gasteiger partial charge in [-0.05, 0) is 0 Å². The zero-order valence-electron chi connectivity index (χ0n) is 14.5. The van der Waals surface area contributed by atoms with Crippen molar-refractivity contribution in [1.29, 1.82) is 0 Å². The Labute approximate surface area is 171 Å². The van der Waals surface area contributed by atoms with E-state index in [0.717, 1.165) is 0 Å². The maximum atomic E-state index is 13.7. The van der Waals surface area contributed by atoms with Crippen molar-refractivity contribution in [2.75, 3.05) is 13.0 Å². The van der Waals surface area contributed by atoms with Crippen molar-refractivity contribution in [3.05, 3.63) is 15.8 Å². The van der Waals surface area contributed by atoms with Crippen molar-refractivity contribution in [3.63, 3.8) is 0 Å². The third-order valence-electron chi connectivity index (χ3n) is 3.38. The van der Waals surface area contributed by atoms with Crippen LogP contribution >= 0.6 is 35.4 Å². The molecule has 1 aromatic heterocycles. The molecule has 1 saturated heterocycles. The summed E-state index contributed by atoms with van der Waals surface area (Å²) in [5.41, 5.74) is 4.30. The van der Waals surface area contributed by atoms with Crippen LogP contribution in [0.5, 0.6) is 0 Å². The SMILES string of the molecule is NC(=O)c1nc(C2OC(COC[PH+](O)OP(=O)(O)OP(=O)(O)O)C(O)C2O)sc1F. The van der Waals surface area contributed by atoms with E-state index >= 15 is 0 Å². The van der Waals surface area contributed by atoms with Crippen LogP contribution in [0.4, 0.5) is 4.39 Å². The Balaban J connectivity index is 1.89. The number of aromatic nitrogens is 1. The summed E-state index contributed by atoms with van der Waals surface area (Å²) in [4.78, 5) is 50.2. The van der Waals surface area contributed by atoms with Crippen LogP contribution in [-0.2, 0) is 27.2 Å². The van der Waals surface area contributed by atoms with Crippen LogP contribution in [0, 0.1) is 5.13 Å². The number of ether oxygens (including phenoxy) is 2. The van der Waals surface area contributed by atoms with E-state index in [1.165, 1.54) is 0 Å². The molecule has 1 aliphatic rings.